The normalized spacial score (nSPS) is 22.3. The molecule has 1 aliphatic carbocycles. The summed E-state index contributed by atoms with van der Waals surface area (Å²) < 4.78 is 5.23. The molecule has 0 radical (unpaired) electrons. The maximum absolute atomic E-state index is 12.3. The number of carbonyl (C=O) groups is 2. The van der Waals surface area contributed by atoms with Gasteiger partial charge in [0.2, 0.25) is 4.87 Å². The van der Waals surface area contributed by atoms with Gasteiger partial charge in [0.05, 0.1) is 0 Å². The molecule has 0 saturated carbocycles. The molecule has 102 valence electrons. The zero-order valence-corrected chi connectivity index (χ0v) is 12.4. The van der Waals surface area contributed by atoms with E-state index in [-0.39, 0.29) is 6.42 Å². The van der Waals surface area contributed by atoms with E-state index in [4.69, 9.17) is 27.9 Å². The van der Waals surface area contributed by atoms with Gasteiger partial charge in [-0.3, -0.25) is 4.79 Å². The van der Waals surface area contributed by atoms with Crippen molar-refractivity contribution >= 4 is 35.0 Å². The molecule has 1 aliphatic rings. The summed E-state index contributed by atoms with van der Waals surface area (Å²) in [6.07, 6.45) is 0.109. The molecule has 0 aromatic heterocycles. The fourth-order valence-corrected chi connectivity index (χ4v) is 2.49. The number of benzene rings is 1. The minimum atomic E-state index is -1.67. The number of alkyl halides is 1. The number of ether oxygens (including phenoxy) is 1. The van der Waals surface area contributed by atoms with Crippen molar-refractivity contribution in [3.63, 3.8) is 0 Å². The van der Waals surface area contributed by atoms with Gasteiger partial charge in [0.1, 0.15) is 5.60 Å². The predicted molar refractivity (Wildman–Crippen MR) is 73.9 cm³/mol. The van der Waals surface area contributed by atoms with Crippen LogP contribution in [-0.2, 0) is 16.0 Å². The van der Waals surface area contributed by atoms with E-state index in [9.17, 15) is 9.59 Å². The van der Waals surface area contributed by atoms with Crippen molar-refractivity contribution in [2.75, 3.05) is 0 Å². The maximum Gasteiger partial charge on any atom is 0.336 e. The number of ketones is 1. The summed E-state index contributed by atoms with van der Waals surface area (Å²) in [4.78, 5) is 22.8. The van der Waals surface area contributed by atoms with E-state index in [1.165, 1.54) is 0 Å². The lowest BCUT2D eigenvalue weighted by atomic mass is 10.0. The van der Waals surface area contributed by atoms with Crippen molar-refractivity contribution in [2.24, 2.45) is 0 Å². The van der Waals surface area contributed by atoms with Gasteiger partial charge in [-0.25, -0.2) is 4.79 Å². The standard InChI is InChI=1S/C14H14Cl2O3/c1-13(2,3)19-12(18)14(16)7-8-6-9(15)4-5-10(8)11(14)17/h4-6H,7H2,1-3H3/t14-/m0/s1. The molecule has 0 N–H and O–H groups in total. The second kappa shape index (κ2) is 4.50. The highest BCUT2D eigenvalue weighted by molar-refractivity contribution is 6.49. The SMILES string of the molecule is CC(C)(C)OC(=O)[C@]1(Cl)Cc2cc(Cl)ccc2C1=O. The first-order valence-corrected chi connectivity index (χ1v) is 6.65. The number of halogens is 2. The fraction of sp³-hybridized carbons (Fsp3) is 0.429. The van der Waals surface area contributed by atoms with Crippen LogP contribution in [0.25, 0.3) is 0 Å². The molecule has 0 aliphatic heterocycles. The molecule has 0 unspecified atom stereocenters. The van der Waals surface area contributed by atoms with Crippen molar-refractivity contribution in [3.05, 3.63) is 34.3 Å². The Kier molecular flexibility index (Phi) is 3.40. The summed E-state index contributed by atoms with van der Waals surface area (Å²) in [5.74, 6) is -1.13. The number of hydrogen-bond acceptors (Lipinski definition) is 3. The van der Waals surface area contributed by atoms with Gasteiger partial charge in [-0.05, 0) is 44.5 Å². The summed E-state index contributed by atoms with van der Waals surface area (Å²) in [5, 5.41) is 0.511. The highest BCUT2D eigenvalue weighted by Crippen LogP contribution is 2.38. The Hall–Kier alpha value is -1.06. The van der Waals surface area contributed by atoms with E-state index in [0.29, 0.717) is 16.1 Å². The molecule has 19 heavy (non-hydrogen) atoms. The van der Waals surface area contributed by atoms with Crippen molar-refractivity contribution < 1.29 is 14.3 Å². The topological polar surface area (TPSA) is 43.4 Å². The molecule has 2 rings (SSSR count). The molecule has 1 aromatic rings. The highest BCUT2D eigenvalue weighted by Gasteiger charge is 2.52. The van der Waals surface area contributed by atoms with Gasteiger partial charge in [0, 0.05) is 17.0 Å². The summed E-state index contributed by atoms with van der Waals surface area (Å²) in [7, 11) is 0. The van der Waals surface area contributed by atoms with Crippen LogP contribution >= 0.6 is 23.2 Å². The van der Waals surface area contributed by atoms with E-state index in [1.54, 1.807) is 39.0 Å². The average molecular weight is 301 g/mol. The number of fused-ring (bicyclic) bond motifs is 1. The number of hydrogen-bond donors (Lipinski definition) is 0. The van der Waals surface area contributed by atoms with Crippen LogP contribution in [0.5, 0.6) is 0 Å². The van der Waals surface area contributed by atoms with Gasteiger partial charge in [-0.2, -0.15) is 0 Å². The van der Waals surface area contributed by atoms with Crippen LogP contribution in [0.1, 0.15) is 36.7 Å². The zero-order chi connectivity index (χ0) is 14.4. The van der Waals surface area contributed by atoms with E-state index < -0.39 is 22.2 Å². The van der Waals surface area contributed by atoms with E-state index in [0.717, 1.165) is 0 Å². The number of carbonyl (C=O) groups excluding carboxylic acids is 2. The van der Waals surface area contributed by atoms with Crippen LogP contribution in [-0.4, -0.2) is 22.2 Å². The van der Waals surface area contributed by atoms with Crippen LogP contribution < -0.4 is 0 Å². The predicted octanol–water partition coefficient (Wildman–Crippen LogP) is 3.40. The molecule has 3 nitrogen and oxygen atoms in total. The smallest absolute Gasteiger partial charge is 0.336 e. The zero-order valence-electron chi connectivity index (χ0n) is 10.9. The Bertz CT molecular complexity index is 560. The third kappa shape index (κ3) is 2.63. The Balaban J connectivity index is 2.34. The van der Waals surface area contributed by atoms with Crippen molar-refractivity contribution in [2.45, 2.75) is 37.7 Å². The third-order valence-corrected chi connectivity index (χ3v) is 3.52. The molecule has 0 saturated heterocycles. The van der Waals surface area contributed by atoms with Gasteiger partial charge in [-0.15, -0.1) is 0 Å². The minimum absolute atomic E-state index is 0.109. The summed E-state index contributed by atoms with van der Waals surface area (Å²) in [6, 6.07) is 4.85. The monoisotopic (exact) mass is 300 g/mol. The molecule has 0 spiro atoms. The van der Waals surface area contributed by atoms with Crippen LogP contribution in [0, 0.1) is 0 Å². The van der Waals surface area contributed by atoms with Crippen molar-refractivity contribution in [1.82, 2.24) is 0 Å². The lowest BCUT2D eigenvalue weighted by Gasteiger charge is -2.25. The molecule has 0 heterocycles. The van der Waals surface area contributed by atoms with Crippen molar-refractivity contribution in [1.29, 1.82) is 0 Å². The molecular formula is C14H14Cl2O3. The quantitative estimate of drug-likeness (QED) is 0.453. The summed E-state index contributed by atoms with van der Waals surface area (Å²) >= 11 is 12.1. The second-order valence-corrected chi connectivity index (χ2v) is 6.69. The fourth-order valence-electron chi connectivity index (χ4n) is 2.01. The van der Waals surface area contributed by atoms with E-state index >= 15 is 0 Å². The summed E-state index contributed by atoms with van der Waals surface area (Å²) in [6.45, 7) is 5.19. The number of Topliss-reactive ketones (excluding diaryl/α,β-unsaturated/α-hetero) is 1. The number of esters is 1. The second-order valence-electron chi connectivity index (χ2n) is 5.61. The van der Waals surface area contributed by atoms with E-state index in [1.807, 2.05) is 0 Å². The minimum Gasteiger partial charge on any atom is -0.458 e. The molecule has 0 amide bonds. The molecule has 0 bridgehead atoms. The lowest BCUT2D eigenvalue weighted by Crippen LogP contribution is -2.43. The highest BCUT2D eigenvalue weighted by atomic mass is 35.5. The largest absolute Gasteiger partial charge is 0.458 e. The van der Waals surface area contributed by atoms with Crippen molar-refractivity contribution in [3.8, 4) is 0 Å². The van der Waals surface area contributed by atoms with Gasteiger partial charge < -0.3 is 4.74 Å². The molecule has 0 fully saturated rings. The summed E-state index contributed by atoms with van der Waals surface area (Å²) in [5.41, 5.74) is 0.426. The van der Waals surface area contributed by atoms with Gasteiger partial charge in [-0.1, -0.05) is 23.2 Å². The first-order chi connectivity index (χ1) is 8.63. The molecule has 1 atom stereocenters. The molecule has 1 aromatic carbocycles. The average Bonchev–Trinajstić information content (AvgIpc) is 2.49. The lowest BCUT2D eigenvalue weighted by molar-refractivity contribution is -0.156. The molecule has 5 heteroatoms. The van der Waals surface area contributed by atoms with E-state index in [2.05, 4.69) is 0 Å². The van der Waals surface area contributed by atoms with Crippen LogP contribution in [0.15, 0.2) is 18.2 Å². The van der Waals surface area contributed by atoms with Gasteiger partial charge in [0.25, 0.3) is 0 Å². The van der Waals surface area contributed by atoms with Crippen LogP contribution in [0.3, 0.4) is 0 Å². The first-order valence-electron chi connectivity index (χ1n) is 5.89. The Morgan fingerprint density at radius 3 is 2.58 bits per heavy atom. The Morgan fingerprint density at radius 2 is 2.00 bits per heavy atom. The maximum atomic E-state index is 12.3. The van der Waals surface area contributed by atoms with Crippen LogP contribution in [0.4, 0.5) is 0 Å². The van der Waals surface area contributed by atoms with Crippen LogP contribution in [0.2, 0.25) is 5.02 Å². The molecular weight excluding hydrogens is 287 g/mol. The van der Waals surface area contributed by atoms with Gasteiger partial charge in [0.15, 0.2) is 5.78 Å². The first kappa shape index (κ1) is 14.4. The Labute approximate surface area is 121 Å². The Morgan fingerprint density at radius 1 is 1.37 bits per heavy atom. The third-order valence-electron chi connectivity index (χ3n) is 2.83. The number of rotatable bonds is 1. The van der Waals surface area contributed by atoms with Gasteiger partial charge >= 0.3 is 5.97 Å².